The Morgan fingerprint density at radius 1 is 0.190 bits per heavy atom. The van der Waals surface area contributed by atoms with E-state index in [1.807, 2.05) is 0 Å². The van der Waals surface area contributed by atoms with Gasteiger partial charge in [-0.2, -0.15) is 0 Å². The molecule has 0 saturated heterocycles. The summed E-state index contributed by atoms with van der Waals surface area (Å²) < 4.78 is 21.3. The van der Waals surface area contributed by atoms with Crippen LogP contribution in [-0.4, -0.2) is 72.7 Å². The van der Waals surface area contributed by atoms with Gasteiger partial charge in [0.2, 0.25) is 0 Å². The summed E-state index contributed by atoms with van der Waals surface area (Å²) in [6.07, 6.45) is 95.0. The minimum absolute atomic E-state index is 0.0562. The normalized spacial score (nSPS) is 12.0. The van der Waals surface area contributed by atoms with Crippen LogP contribution in [0.5, 0.6) is 0 Å². The Morgan fingerprint density at radius 3 is 0.440 bits per heavy atom. The summed E-state index contributed by atoms with van der Waals surface area (Å²) in [7, 11) is 0. The maximum Gasteiger partial charge on any atom is 0.306 e. The van der Waals surface area contributed by atoms with E-state index in [0.717, 1.165) is 64.2 Å². The van der Waals surface area contributed by atoms with Crippen LogP contribution in [0.2, 0.25) is 0 Å². The van der Waals surface area contributed by atoms with Gasteiger partial charge in [0, 0.05) is 25.7 Å². The molecule has 0 amide bonds. The first-order chi connectivity index (χ1) is 49.3. The molecule has 0 bridgehead atoms. The van der Waals surface area contributed by atoms with Gasteiger partial charge in [0.05, 0.1) is 13.2 Å². The molecule has 0 aromatic heterocycles. The lowest BCUT2D eigenvalue weighted by atomic mass is 10.0. The molecular weight excluding hydrogens is 1240 g/mol. The third kappa shape index (κ3) is 86.4. The van der Waals surface area contributed by atoms with Crippen LogP contribution >= 0.6 is 0 Å². The largest absolute Gasteiger partial charge is 0.462 e. The number of rotatable bonds is 84. The highest BCUT2D eigenvalue weighted by molar-refractivity contribution is 5.71. The lowest BCUT2D eigenvalue weighted by Gasteiger charge is -2.15. The maximum atomic E-state index is 12.2. The molecule has 0 aliphatic heterocycles. The molecule has 0 rings (SSSR count). The minimum Gasteiger partial charge on any atom is -0.462 e. The van der Waals surface area contributed by atoms with Gasteiger partial charge < -0.3 is 29.2 Å². The van der Waals surface area contributed by atoms with Crippen molar-refractivity contribution >= 4 is 23.9 Å². The number of hydrogen-bond acceptors (Lipinski definition) is 10. The molecule has 0 saturated carbocycles. The Morgan fingerprint density at radius 2 is 0.310 bits per heavy atom. The first-order valence-corrected chi connectivity index (χ1v) is 45.2. The average molecular weight is 1420 g/mol. The van der Waals surface area contributed by atoms with Crippen LogP contribution in [0.4, 0.5) is 0 Å². The van der Waals surface area contributed by atoms with E-state index in [0.29, 0.717) is 25.7 Å². The number of carbonyl (C=O) groups is 4. The molecule has 0 fully saturated rings. The van der Waals surface area contributed by atoms with E-state index in [2.05, 4.69) is 27.7 Å². The van der Waals surface area contributed by atoms with Crippen LogP contribution in [0, 0.1) is 0 Å². The molecule has 0 heterocycles. The second-order valence-corrected chi connectivity index (χ2v) is 31.0. The Hall–Kier alpha value is -2.20. The van der Waals surface area contributed by atoms with Crippen LogP contribution in [0.1, 0.15) is 516 Å². The number of hydrogen-bond donors (Lipinski definition) is 2. The van der Waals surface area contributed by atoms with Gasteiger partial charge in [-0.25, -0.2) is 0 Å². The molecule has 10 nitrogen and oxygen atoms in total. The summed E-state index contributed by atoms with van der Waals surface area (Å²) in [6.45, 7) is 8.37. The molecule has 596 valence electrons. The van der Waals surface area contributed by atoms with Crippen molar-refractivity contribution in [2.75, 3.05) is 26.4 Å². The molecule has 0 radical (unpaired) electrons. The number of aliphatic hydroxyl groups excluding tert-OH is 2. The lowest BCUT2D eigenvalue weighted by molar-refractivity contribution is -0.161. The van der Waals surface area contributed by atoms with Gasteiger partial charge in [0.15, 0.2) is 12.2 Å². The van der Waals surface area contributed by atoms with Crippen LogP contribution in [0.15, 0.2) is 0 Å². The van der Waals surface area contributed by atoms with Gasteiger partial charge in [-0.1, -0.05) is 464 Å². The predicted octanol–water partition coefficient (Wildman–Crippen LogP) is 28.6. The second kappa shape index (κ2) is 89.2. The predicted molar refractivity (Wildman–Crippen MR) is 429 cm³/mol. The third-order valence-corrected chi connectivity index (χ3v) is 20.8. The number of ether oxygens (including phenoxy) is 4. The highest BCUT2D eigenvalue weighted by Gasteiger charge is 2.18. The van der Waals surface area contributed by atoms with Crippen LogP contribution in [0.3, 0.4) is 0 Å². The topological polar surface area (TPSA) is 146 Å². The monoisotopic (exact) mass is 1420 g/mol. The fourth-order valence-corrected chi connectivity index (χ4v) is 13.9. The van der Waals surface area contributed by atoms with Crippen molar-refractivity contribution in [3.05, 3.63) is 0 Å². The fourth-order valence-electron chi connectivity index (χ4n) is 13.9. The minimum atomic E-state index is -0.762. The van der Waals surface area contributed by atoms with Gasteiger partial charge in [-0.05, 0) is 25.7 Å². The molecule has 0 aromatic carbocycles. The summed E-state index contributed by atoms with van der Waals surface area (Å²) in [6, 6.07) is 0. The quantitative estimate of drug-likeness (QED) is 0.0343. The van der Waals surface area contributed by atoms with Crippen molar-refractivity contribution in [1.29, 1.82) is 0 Å². The van der Waals surface area contributed by atoms with Gasteiger partial charge in [-0.3, -0.25) is 19.2 Å². The van der Waals surface area contributed by atoms with Gasteiger partial charge in [0.25, 0.3) is 0 Å². The number of unbranched alkanes of at least 4 members (excludes halogenated alkanes) is 68. The fraction of sp³-hybridized carbons (Fsp3) is 0.956. The highest BCUT2D eigenvalue weighted by Crippen LogP contribution is 2.21. The Bertz CT molecular complexity index is 1590. The van der Waals surface area contributed by atoms with Gasteiger partial charge in [0.1, 0.15) is 13.2 Å². The highest BCUT2D eigenvalue weighted by atomic mass is 16.6. The van der Waals surface area contributed by atoms with E-state index in [-0.39, 0.29) is 50.3 Å². The molecule has 0 spiro atoms. The molecule has 10 heteroatoms. The van der Waals surface area contributed by atoms with E-state index in [9.17, 15) is 29.4 Å². The van der Waals surface area contributed by atoms with E-state index in [1.54, 1.807) is 0 Å². The zero-order valence-corrected chi connectivity index (χ0v) is 67.9. The molecular formula is C90H176O10. The van der Waals surface area contributed by atoms with E-state index >= 15 is 0 Å². The smallest absolute Gasteiger partial charge is 0.306 e. The summed E-state index contributed by atoms with van der Waals surface area (Å²) in [5.74, 6) is -1.14. The van der Waals surface area contributed by atoms with E-state index < -0.39 is 12.2 Å². The molecule has 2 N–H and O–H groups in total. The maximum absolute atomic E-state index is 12.2. The number of esters is 4. The van der Waals surface area contributed by atoms with Crippen LogP contribution < -0.4 is 0 Å². The second-order valence-electron chi connectivity index (χ2n) is 31.0. The standard InChI is InChI=1S/C47H92O5.C43H84O5/c1-3-5-7-9-11-13-15-17-19-21-23-25-27-29-31-33-35-37-39-41-46(49)51-44-45(43-48)52-47(50)42-40-38-36-34-32-30-28-26-24-22-20-18-16-14-12-10-8-6-4-2;1-3-5-7-9-11-13-15-17-19-21-23-25-27-29-31-33-35-37-42(45)47-40-41(39-44)48-43(46)38-36-34-32-30-28-26-24-22-20-18-16-14-12-10-8-6-4-2/h45,48H,3-44H2,1-2H3;41,44H,3-40H2,1-2H3. The Kier molecular flexibility index (Phi) is 89.1. The molecule has 2 atom stereocenters. The summed E-state index contributed by atoms with van der Waals surface area (Å²) in [5.41, 5.74) is 0. The van der Waals surface area contributed by atoms with Crippen molar-refractivity contribution in [3.8, 4) is 0 Å². The van der Waals surface area contributed by atoms with Crippen molar-refractivity contribution in [3.63, 3.8) is 0 Å². The molecule has 0 aliphatic carbocycles. The third-order valence-electron chi connectivity index (χ3n) is 20.8. The molecule has 0 aromatic rings. The Balaban J connectivity index is 0. The van der Waals surface area contributed by atoms with Crippen molar-refractivity contribution in [1.82, 2.24) is 0 Å². The van der Waals surface area contributed by atoms with Crippen molar-refractivity contribution in [2.45, 2.75) is 528 Å². The molecule has 2 unspecified atom stereocenters. The molecule has 100 heavy (non-hydrogen) atoms. The number of carbonyl (C=O) groups excluding carboxylic acids is 4. The summed E-state index contributed by atoms with van der Waals surface area (Å²) >= 11 is 0. The lowest BCUT2D eigenvalue weighted by Crippen LogP contribution is -2.28. The van der Waals surface area contributed by atoms with E-state index in [4.69, 9.17) is 18.9 Å². The van der Waals surface area contributed by atoms with Gasteiger partial charge >= 0.3 is 23.9 Å². The van der Waals surface area contributed by atoms with Crippen molar-refractivity contribution in [2.24, 2.45) is 0 Å². The van der Waals surface area contributed by atoms with Crippen LogP contribution in [0.25, 0.3) is 0 Å². The average Bonchev–Trinajstić information content (AvgIpc) is 2.26. The zero-order valence-electron chi connectivity index (χ0n) is 67.9. The zero-order chi connectivity index (χ0) is 72.9. The van der Waals surface area contributed by atoms with E-state index in [1.165, 1.54) is 398 Å². The van der Waals surface area contributed by atoms with Gasteiger partial charge in [-0.15, -0.1) is 0 Å². The number of aliphatic hydroxyl groups is 2. The first kappa shape index (κ1) is 99.9. The SMILES string of the molecule is CCCCCCCCCCCCCCCCCCCC(=O)OCC(CO)OC(=O)CCCCCCCCCCCCCCCCCCC.CCCCCCCCCCCCCCCCCCCCCC(=O)OCC(CO)OC(=O)CCCCCCCCCCCCCCCCCCCCC. The molecule has 0 aliphatic rings. The summed E-state index contributed by atoms with van der Waals surface area (Å²) in [4.78, 5) is 48.7. The summed E-state index contributed by atoms with van der Waals surface area (Å²) in [5, 5.41) is 19.2. The first-order valence-electron chi connectivity index (χ1n) is 45.2. The van der Waals surface area contributed by atoms with Crippen molar-refractivity contribution < 1.29 is 48.3 Å². The van der Waals surface area contributed by atoms with Crippen LogP contribution in [-0.2, 0) is 38.1 Å². The Labute approximate surface area is 623 Å².